The van der Waals surface area contributed by atoms with Crippen molar-refractivity contribution in [3.05, 3.63) is 59.9 Å². The Hall–Kier alpha value is -1.87. The van der Waals surface area contributed by atoms with E-state index in [1.54, 1.807) is 0 Å². The number of ether oxygens (including phenoxy) is 1. The molecule has 0 unspecified atom stereocenters. The number of aromatic nitrogens is 1. The van der Waals surface area contributed by atoms with Crippen molar-refractivity contribution >= 4 is 0 Å². The van der Waals surface area contributed by atoms with Gasteiger partial charge >= 0.3 is 0 Å². The second-order valence-corrected chi connectivity index (χ2v) is 4.42. The second kappa shape index (κ2) is 7.54. The van der Waals surface area contributed by atoms with Gasteiger partial charge in [0.1, 0.15) is 5.75 Å². The Kier molecular flexibility index (Phi) is 5.38. The van der Waals surface area contributed by atoms with Gasteiger partial charge in [-0.05, 0) is 30.2 Å². The highest BCUT2D eigenvalue weighted by atomic mass is 16.5. The molecule has 0 spiro atoms. The molecule has 0 saturated heterocycles. The molecule has 0 aliphatic carbocycles. The van der Waals surface area contributed by atoms with Crippen molar-refractivity contribution in [3.8, 4) is 5.75 Å². The van der Waals surface area contributed by atoms with Gasteiger partial charge in [0.2, 0.25) is 0 Å². The van der Waals surface area contributed by atoms with Crippen LogP contribution in [0.2, 0.25) is 0 Å². The van der Waals surface area contributed by atoms with E-state index in [2.05, 4.69) is 23.3 Å². The molecule has 0 aliphatic heterocycles. The molecule has 0 fully saturated rings. The van der Waals surface area contributed by atoms with Gasteiger partial charge in [-0.25, -0.2) is 0 Å². The lowest BCUT2D eigenvalue weighted by Crippen LogP contribution is -2.13. The molecule has 0 amide bonds. The molecule has 1 aromatic carbocycles. The zero-order valence-corrected chi connectivity index (χ0v) is 11.3. The van der Waals surface area contributed by atoms with Gasteiger partial charge in [-0.3, -0.25) is 4.98 Å². The van der Waals surface area contributed by atoms with E-state index < -0.39 is 0 Å². The van der Waals surface area contributed by atoms with E-state index in [0.717, 1.165) is 31.9 Å². The molecular weight excluding hydrogens is 236 g/mol. The Morgan fingerprint density at radius 1 is 1.05 bits per heavy atom. The lowest BCUT2D eigenvalue weighted by atomic mass is 10.2. The molecule has 1 aromatic heterocycles. The first-order valence-corrected chi connectivity index (χ1v) is 6.70. The largest absolute Gasteiger partial charge is 0.493 e. The maximum absolute atomic E-state index is 5.74. The first-order chi connectivity index (χ1) is 9.40. The maximum atomic E-state index is 5.74. The summed E-state index contributed by atoms with van der Waals surface area (Å²) in [5, 5.41) is 3.43. The Balaban J connectivity index is 1.88. The number of hydrogen-bond donors (Lipinski definition) is 1. The fraction of sp³-hybridized carbons (Fsp3) is 0.312. The Bertz CT molecular complexity index is 485. The predicted octanol–water partition coefficient (Wildman–Crippen LogP) is 3.16. The smallest absolute Gasteiger partial charge is 0.123 e. The molecule has 3 heteroatoms. The number of rotatable bonds is 7. The minimum atomic E-state index is 0.765. The zero-order valence-electron chi connectivity index (χ0n) is 11.3. The third-order valence-electron chi connectivity index (χ3n) is 2.83. The van der Waals surface area contributed by atoms with Crippen LogP contribution < -0.4 is 10.1 Å². The molecular formula is C16H20N2O. The van der Waals surface area contributed by atoms with Gasteiger partial charge in [0.05, 0.1) is 6.61 Å². The molecule has 100 valence electrons. The highest BCUT2D eigenvalue weighted by Crippen LogP contribution is 2.18. The summed E-state index contributed by atoms with van der Waals surface area (Å²) in [7, 11) is 0. The maximum Gasteiger partial charge on any atom is 0.123 e. The van der Waals surface area contributed by atoms with Crippen LogP contribution in [-0.4, -0.2) is 11.6 Å². The van der Waals surface area contributed by atoms with E-state index in [4.69, 9.17) is 4.74 Å². The highest BCUT2D eigenvalue weighted by Gasteiger charge is 2.02. The third-order valence-corrected chi connectivity index (χ3v) is 2.83. The van der Waals surface area contributed by atoms with E-state index >= 15 is 0 Å². The molecule has 0 bridgehead atoms. The van der Waals surface area contributed by atoms with E-state index in [1.807, 2.05) is 42.7 Å². The van der Waals surface area contributed by atoms with Crippen LogP contribution in [0.5, 0.6) is 5.75 Å². The summed E-state index contributed by atoms with van der Waals surface area (Å²) < 4.78 is 5.74. The van der Waals surface area contributed by atoms with Crippen LogP contribution in [0.3, 0.4) is 0 Å². The van der Waals surface area contributed by atoms with E-state index in [9.17, 15) is 0 Å². The third kappa shape index (κ3) is 4.38. The van der Waals surface area contributed by atoms with Crippen molar-refractivity contribution in [2.24, 2.45) is 0 Å². The number of hydrogen-bond acceptors (Lipinski definition) is 3. The van der Waals surface area contributed by atoms with Gasteiger partial charge < -0.3 is 10.1 Å². The van der Waals surface area contributed by atoms with Crippen LogP contribution in [0.4, 0.5) is 0 Å². The summed E-state index contributed by atoms with van der Waals surface area (Å²) in [6.07, 6.45) is 4.66. The van der Waals surface area contributed by atoms with Gasteiger partial charge in [0.25, 0.3) is 0 Å². The number of para-hydroxylation sites is 1. The predicted molar refractivity (Wildman–Crippen MR) is 77.0 cm³/mol. The molecule has 1 N–H and O–H groups in total. The molecule has 0 atom stereocenters. The van der Waals surface area contributed by atoms with Crippen LogP contribution in [0, 0.1) is 0 Å². The van der Waals surface area contributed by atoms with Crippen molar-refractivity contribution in [1.82, 2.24) is 10.3 Å². The van der Waals surface area contributed by atoms with Crippen molar-refractivity contribution in [1.29, 1.82) is 0 Å². The first kappa shape index (κ1) is 13.6. The molecule has 1 heterocycles. The molecule has 3 nitrogen and oxygen atoms in total. The van der Waals surface area contributed by atoms with Crippen LogP contribution in [0.15, 0.2) is 48.8 Å². The van der Waals surface area contributed by atoms with Crippen LogP contribution >= 0.6 is 0 Å². The lowest BCUT2D eigenvalue weighted by molar-refractivity contribution is 0.313. The molecule has 19 heavy (non-hydrogen) atoms. The van der Waals surface area contributed by atoms with Crippen molar-refractivity contribution in [2.75, 3.05) is 6.61 Å². The average Bonchev–Trinajstić information content (AvgIpc) is 2.47. The molecule has 0 radical (unpaired) electrons. The van der Waals surface area contributed by atoms with E-state index in [0.29, 0.717) is 0 Å². The minimum Gasteiger partial charge on any atom is -0.493 e. The zero-order chi connectivity index (χ0) is 13.3. The summed E-state index contributed by atoms with van der Waals surface area (Å²) in [6, 6.07) is 12.2. The summed E-state index contributed by atoms with van der Waals surface area (Å²) in [5.74, 6) is 0.978. The van der Waals surface area contributed by atoms with Crippen molar-refractivity contribution in [2.45, 2.75) is 26.4 Å². The van der Waals surface area contributed by atoms with Crippen LogP contribution in [0.25, 0.3) is 0 Å². The van der Waals surface area contributed by atoms with Gasteiger partial charge in [-0.1, -0.05) is 25.1 Å². The Morgan fingerprint density at radius 2 is 1.84 bits per heavy atom. The van der Waals surface area contributed by atoms with Gasteiger partial charge in [-0.15, -0.1) is 0 Å². The van der Waals surface area contributed by atoms with Crippen LogP contribution in [-0.2, 0) is 13.1 Å². The van der Waals surface area contributed by atoms with Crippen molar-refractivity contribution < 1.29 is 4.74 Å². The second-order valence-electron chi connectivity index (χ2n) is 4.42. The molecule has 2 rings (SSSR count). The first-order valence-electron chi connectivity index (χ1n) is 6.70. The summed E-state index contributed by atoms with van der Waals surface area (Å²) in [4.78, 5) is 4.01. The average molecular weight is 256 g/mol. The standard InChI is InChI=1S/C16H20N2O/c1-2-11-19-16-6-4-3-5-15(16)13-18-12-14-7-9-17-10-8-14/h3-10,18H,2,11-13H2,1H3. The minimum absolute atomic E-state index is 0.765. The fourth-order valence-electron chi connectivity index (χ4n) is 1.84. The molecule has 0 aliphatic rings. The SMILES string of the molecule is CCCOc1ccccc1CNCc1ccncc1. The number of nitrogens with zero attached hydrogens (tertiary/aromatic N) is 1. The molecule has 0 saturated carbocycles. The normalized spacial score (nSPS) is 10.4. The van der Waals surface area contributed by atoms with Gasteiger partial charge in [0.15, 0.2) is 0 Å². The topological polar surface area (TPSA) is 34.1 Å². The monoisotopic (exact) mass is 256 g/mol. The lowest BCUT2D eigenvalue weighted by Gasteiger charge is -2.11. The van der Waals surface area contributed by atoms with Crippen molar-refractivity contribution in [3.63, 3.8) is 0 Å². The highest BCUT2D eigenvalue weighted by molar-refractivity contribution is 5.33. The summed E-state index contributed by atoms with van der Waals surface area (Å²) in [6.45, 7) is 4.53. The summed E-state index contributed by atoms with van der Waals surface area (Å²) >= 11 is 0. The van der Waals surface area contributed by atoms with E-state index in [-0.39, 0.29) is 0 Å². The molecule has 2 aromatic rings. The van der Waals surface area contributed by atoms with E-state index in [1.165, 1.54) is 11.1 Å². The van der Waals surface area contributed by atoms with Gasteiger partial charge in [-0.2, -0.15) is 0 Å². The Labute approximate surface area is 114 Å². The fourth-order valence-corrected chi connectivity index (χ4v) is 1.84. The number of nitrogens with one attached hydrogen (secondary N) is 1. The van der Waals surface area contributed by atoms with Gasteiger partial charge in [0, 0.05) is 31.0 Å². The number of pyridine rings is 1. The van der Waals surface area contributed by atoms with Crippen LogP contribution in [0.1, 0.15) is 24.5 Å². The Morgan fingerprint density at radius 3 is 2.63 bits per heavy atom. The quantitative estimate of drug-likeness (QED) is 0.826. The number of benzene rings is 1. The summed E-state index contributed by atoms with van der Waals surface area (Å²) in [5.41, 5.74) is 2.44.